The number of rotatable bonds is 5. The monoisotopic (exact) mass is 258 g/mol. The Labute approximate surface area is 107 Å². The molecule has 6 heteroatoms. The summed E-state index contributed by atoms with van der Waals surface area (Å²) in [7, 11) is 0. The first-order valence-corrected chi connectivity index (χ1v) is 6.30. The van der Waals surface area contributed by atoms with E-state index in [1.807, 2.05) is 0 Å². The molecule has 0 radical (unpaired) electrons. The zero-order chi connectivity index (χ0) is 13.8. The number of carboxylic acids is 1. The molecule has 0 aromatic heterocycles. The average Bonchev–Trinajstić information content (AvgIpc) is 2.36. The fourth-order valence-electron chi connectivity index (χ4n) is 2.30. The van der Waals surface area contributed by atoms with Crippen LogP contribution >= 0.6 is 0 Å². The summed E-state index contributed by atoms with van der Waals surface area (Å²) in [5.41, 5.74) is 5.12. The van der Waals surface area contributed by atoms with Gasteiger partial charge in [0.15, 0.2) is 6.10 Å². The quantitative estimate of drug-likeness (QED) is 0.541. The van der Waals surface area contributed by atoms with E-state index in [-0.39, 0.29) is 19.0 Å². The molecule has 0 saturated heterocycles. The van der Waals surface area contributed by atoms with Gasteiger partial charge in [0.1, 0.15) is 0 Å². The van der Waals surface area contributed by atoms with Gasteiger partial charge in [0, 0.05) is 6.54 Å². The minimum Gasteiger partial charge on any atom is -0.479 e. The second-order valence-electron chi connectivity index (χ2n) is 5.23. The van der Waals surface area contributed by atoms with Gasteiger partial charge in [0.05, 0.1) is 12.0 Å². The first-order valence-electron chi connectivity index (χ1n) is 6.30. The van der Waals surface area contributed by atoms with E-state index >= 15 is 0 Å². The third-order valence-corrected chi connectivity index (χ3v) is 3.84. The van der Waals surface area contributed by atoms with E-state index in [4.69, 9.17) is 15.9 Å². The van der Waals surface area contributed by atoms with E-state index in [9.17, 15) is 9.59 Å². The van der Waals surface area contributed by atoms with Crippen molar-refractivity contribution < 1.29 is 19.8 Å². The van der Waals surface area contributed by atoms with Crippen LogP contribution in [0.2, 0.25) is 0 Å². The van der Waals surface area contributed by atoms with Crippen molar-refractivity contribution in [3.8, 4) is 0 Å². The zero-order valence-corrected chi connectivity index (χ0v) is 10.7. The van der Waals surface area contributed by atoms with Crippen LogP contribution in [-0.2, 0) is 9.59 Å². The van der Waals surface area contributed by atoms with E-state index in [0.29, 0.717) is 5.92 Å². The summed E-state index contributed by atoms with van der Waals surface area (Å²) in [5, 5.41) is 20.2. The minimum absolute atomic E-state index is 0.239. The van der Waals surface area contributed by atoms with Gasteiger partial charge in [-0.3, -0.25) is 4.79 Å². The molecule has 5 N–H and O–H groups in total. The van der Waals surface area contributed by atoms with Crippen LogP contribution in [0.5, 0.6) is 0 Å². The smallest absolute Gasteiger partial charge is 0.334 e. The molecule has 6 nitrogen and oxygen atoms in total. The number of hydrogen-bond donors (Lipinski definition) is 4. The molecule has 0 aromatic rings. The van der Waals surface area contributed by atoms with Crippen LogP contribution in [-0.4, -0.2) is 41.3 Å². The SMILES string of the molecule is CC1CCC(CN)(C(=O)NC[C@H](O)C(=O)O)CC1. The number of nitrogens with one attached hydrogen (secondary N) is 1. The number of aliphatic hydroxyl groups is 1. The molecule has 1 fully saturated rings. The molecule has 1 atom stereocenters. The second kappa shape index (κ2) is 6.15. The van der Waals surface area contributed by atoms with Gasteiger partial charge >= 0.3 is 5.97 Å². The molecular formula is C12H22N2O4. The fourth-order valence-corrected chi connectivity index (χ4v) is 2.30. The van der Waals surface area contributed by atoms with Crippen molar-refractivity contribution in [2.45, 2.75) is 38.7 Å². The third kappa shape index (κ3) is 3.43. The second-order valence-corrected chi connectivity index (χ2v) is 5.23. The third-order valence-electron chi connectivity index (χ3n) is 3.84. The molecular weight excluding hydrogens is 236 g/mol. The van der Waals surface area contributed by atoms with Gasteiger partial charge in [-0.15, -0.1) is 0 Å². The standard InChI is InChI=1S/C12H22N2O4/c1-8-2-4-12(7-13,5-3-8)11(18)14-6-9(15)10(16)17/h8-9,15H,2-7,13H2,1H3,(H,14,18)(H,16,17)/t8?,9-,12?/m0/s1. The summed E-state index contributed by atoms with van der Waals surface area (Å²) >= 11 is 0. The summed E-state index contributed by atoms with van der Waals surface area (Å²) in [6.07, 6.45) is 1.78. The van der Waals surface area contributed by atoms with Crippen LogP contribution < -0.4 is 11.1 Å². The number of aliphatic hydroxyl groups excluding tert-OH is 1. The van der Waals surface area contributed by atoms with E-state index in [2.05, 4.69) is 12.2 Å². The number of hydrogen-bond acceptors (Lipinski definition) is 4. The molecule has 1 aliphatic carbocycles. The maximum atomic E-state index is 12.1. The molecule has 0 aromatic carbocycles. The van der Waals surface area contributed by atoms with E-state index in [1.165, 1.54) is 0 Å². The van der Waals surface area contributed by atoms with E-state index in [0.717, 1.165) is 25.7 Å². The summed E-state index contributed by atoms with van der Waals surface area (Å²) in [6, 6.07) is 0. The van der Waals surface area contributed by atoms with Crippen LogP contribution in [0.4, 0.5) is 0 Å². The zero-order valence-electron chi connectivity index (χ0n) is 10.7. The number of carbonyl (C=O) groups excluding carboxylic acids is 1. The lowest BCUT2D eigenvalue weighted by Gasteiger charge is -2.37. The maximum absolute atomic E-state index is 12.1. The minimum atomic E-state index is -1.56. The number of aliphatic carboxylic acids is 1. The lowest BCUT2D eigenvalue weighted by Crippen LogP contribution is -2.50. The Morgan fingerprint density at radius 2 is 2.00 bits per heavy atom. The van der Waals surface area contributed by atoms with E-state index < -0.39 is 17.5 Å². The molecule has 0 aliphatic heterocycles. The van der Waals surface area contributed by atoms with Crippen molar-refractivity contribution in [2.24, 2.45) is 17.1 Å². The molecule has 104 valence electrons. The highest BCUT2D eigenvalue weighted by Gasteiger charge is 2.39. The largest absolute Gasteiger partial charge is 0.479 e. The average molecular weight is 258 g/mol. The number of nitrogens with two attached hydrogens (primary N) is 1. The normalized spacial score (nSPS) is 29.6. The van der Waals surface area contributed by atoms with Crippen LogP contribution in [0, 0.1) is 11.3 Å². The molecule has 1 rings (SSSR count). The van der Waals surface area contributed by atoms with Crippen molar-refractivity contribution >= 4 is 11.9 Å². The summed E-state index contributed by atoms with van der Waals surface area (Å²) in [4.78, 5) is 22.5. The summed E-state index contributed by atoms with van der Waals surface area (Å²) in [5.74, 6) is -0.978. The molecule has 1 aliphatic rings. The highest BCUT2D eigenvalue weighted by Crippen LogP contribution is 2.38. The van der Waals surface area contributed by atoms with Gasteiger partial charge in [-0.2, -0.15) is 0 Å². The fraction of sp³-hybridized carbons (Fsp3) is 0.833. The predicted octanol–water partition coefficient (Wildman–Crippen LogP) is -0.297. The number of amides is 1. The Bertz CT molecular complexity index is 311. The van der Waals surface area contributed by atoms with Gasteiger partial charge in [-0.1, -0.05) is 6.92 Å². The Hall–Kier alpha value is -1.14. The lowest BCUT2D eigenvalue weighted by molar-refractivity contribution is -0.146. The van der Waals surface area contributed by atoms with E-state index in [1.54, 1.807) is 0 Å². The van der Waals surface area contributed by atoms with Gasteiger partial charge in [-0.25, -0.2) is 4.79 Å². The first-order chi connectivity index (χ1) is 8.41. The van der Waals surface area contributed by atoms with Crippen molar-refractivity contribution in [1.29, 1.82) is 0 Å². The van der Waals surface area contributed by atoms with Crippen LogP contribution in [0.3, 0.4) is 0 Å². The molecule has 1 saturated carbocycles. The molecule has 18 heavy (non-hydrogen) atoms. The van der Waals surface area contributed by atoms with Crippen LogP contribution in [0.25, 0.3) is 0 Å². The topological polar surface area (TPSA) is 113 Å². The Morgan fingerprint density at radius 3 is 2.44 bits per heavy atom. The van der Waals surface area contributed by atoms with Crippen molar-refractivity contribution in [3.63, 3.8) is 0 Å². The number of carboxylic acid groups (broad SMARTS) is 1. The maximum Gasteiger partial charge on any atom is 0.334 e. The first kappa shape index (κ1) is 14.9. The lowest BCUT2D eigenvalue weighted by atomic mass is 9.70. The van der Waals surface area contributed by atoms with Crippen molar-refractivity contribution in [3.05, 3.63) is 0 Å². The van der Waals surface area contributed by atoms with Gasteiger partial charge in [0.25, 0.3) is 0 Å². The van der Waals surface area contributed by atoms with Crippen LogP contribution in [0.1, 0.15) is 32.6 Å². The summed E-state index contributed by atoms with van der Waals surface area (Å²) < 4.78 is 0. The Morgan fingerprint density at radius 1 is 1.44 bits per heavy atom. The molecule has 0 spiro atoms. The summed E-state index contributed by atoms with van der Waals surface area (Å²) in [6.45, 7) is 2.13. The molecule has 1 amide bonds. The predicted molar refractivity (Wildman–Crippen MR) is 65.8 cm³/mol. The highest BCUT2D eigenvalue weighted by molar-refractivity contribution is 5.83. The van der Waals surface area contributed by atoms with Gasteiger partial charge < -0.3 is 21.3 Å². The van der Waals surface area contributed by atoms with Crippen molar-refractivity contribution in [1.82, 2.24) is 5.32 Å². The molecule has 0 unspecified atom stereocenters. The van der Waals surface area contributed by atoms with Crippen LogP contribution in [0.15, 0.2) is 0 Å². The molecule has 0 heterocycles. The van der Waals surface area contributed by atoms with Gasteiger partial charge in [0.2, 0.25) is 5.91 Å². The molecule has 0 bridgehead atoms. The van der Waals surface area contributed by atoms with Crippen molar-refractivity contribution in [2.75, 3.05) is 13.1 Å². The Balaban J connectivity index is 2.55. The Kier molecular flexibility index (Phi) is 5.10. The highest BCUT2D eigenvalue weighted by atomic mass is 16.4. The number of carbonyl (C=O) groups is 2. The van der Waals surface area contributed by atoms with Gasteiger partial charge in [-0.05, 0) is 31.6 Å².